The minimum atomic E-state index is -1.86. The Hall–Kier alpha value is -1.92. The molecule has 0 fully saturated rings. The molecule has 1 aromatic rings. The second kappa shape index (κ2) is 9.52. The van der Waals surface area contributed by atoms with Crippen LogP contribution < -0.4 is 9.47 Å². The number of hydrogen-bond acceptors (Lipinski definition) is 4. The third-order valence-corrected chi connectivity index (χ3v) is 11.7. The van der Waals surface area contributed by atoms with Gasteiger partial charge >= 0.3 is 6.48 Å². The van der Waals surface area contributed by atoms with Crippen LogP contribution in [-0.2, 0) is 4.74 Å². The van der Waals surface area contributed by atoms with Gasteiger partial charge < -0.3 is 19.3 Å². The summed E-state index contributed by atoms with van der Waals surface area (Å²) in [7, 11) is -1.86. The molecule has 28 heavy (non-hydrogen) atoms. The Balaban J connectivity index is 2.55. The van der Waals surface area contributed by atoms with E-state index in [2.05, 4.69) is 64.8 Å². The van der Waals surface area contributed by atoms with Gasteiger partial charge in [0.15, 0.2) is 11.5 Å². The van der Waals surface area contributed by atoms with E-state index in [-0.39, 0.29) is 6.61 Å². The monoisotopic (exact) mass is 400 g/mol. The van der Waals surface area contributed by atoms with Gasteiger partial charge in [0.25, 0.3) is 0 Å². The van der Waals surface area contributed by atoms with Gasteiger partial charge in [0.1, 0.15) is 14.7 Å². The maximum absolute atomic E-state index is 9.01. The molecule has 4 nitrogen and oxygen atoms in total. The van der Waals surface area contributed by atoms with E-state index in [4.69, 9.17) is 19.3 Å². The first-order valence-electron chi connectivity index (χ1n) is 10.0. The first-order valence-corrected chi connectivity index (χ1v) is 12.3. The highest BCUT2D eigenvalue weighted by atomic mass is 28.3. The average Bonchev–Trinajstić information content (AvgIpc) is 3.04. The zero-order chi connectivity index (χ0) is 20.9. The average molecular weight is 401 g/mol. The van der Waals surface area contributed by atoms with Gasteiger partial charge in [-0.2, -0.15) is 0 Å². The molecule has 0 bridgehead atoms. The quantitative estimate of drug-likeness (QED) is 0.575. The highest BCUT2D eigenvalue weighted by Gasteiger charge is 2.42. The molecule has 0 aromatic heterocycles. The van der Waals surface area contributed by atoms with Crippen LogP contribution in [0.1, 0.15) is 59.6 Å². The van der Waals surface area contributed by atoms with E-state index < -0.39 is 14.5 Å². The number of ether oxygens (including phenoxy) is 3. The summed E-state index contributed by atoms with van der Waals surface area (Å²) in [6, 6.07) is 3.79. The molecule has 0 aliphatic carbocycles. The van der Waals surface area contributed by atoms with Crippen LogP contribution in [0.2, 0.25) is 16.6 Å². The van der Waals surface area contributed by atoms with Gasteiger partial charge in [-0.3, -0.25) is 0 Å². The van der Waals surface area contributed by atoms with Crippen molar-refractivity contribution < 1.29 is 19.3 Å². The number of fused-ring (bicyclic) bond motifs is 1. The normalized spacial score (nSPS) is 15.5. The van der Waals surface area contributed by atoms with Crippen LogP contribution in [0, 0.1) is 23.3 Å². The Morgan fingerprint density at radius 3 is 1.89 bits per heavy atom. The minimum absolute atomic E-state index is 0.211. The second-order valence-corrected chi connectivity index (χ2v) is 13.5. The standard InChI is InChI=1S/C23H32O4Si/c1-8-25-23-26-21-19(10-9-14-24)11-12-20(22(21)27-23)13-15-28(16(2)3,17(4)5)18(6)7/h11-12,16-18,23-24H,8,14H2,1-7H3. The summed E-state index contributed by atoms with van der Waals surface area (Å²) in [5, 5.41) is 9.01. The molecule has 1 aliphatic rings. The SMILES string of the molecule is CCOC1Oc2c(C#CCO)ccc(C#C[Si](C(C)C)(C(C)C)C(C)C)c2O1. The Morgan fingerprint density at radius 1 is 0.964 bits per heavy atom. The van der Waals surface area contributed by atoms with Crippen molar-refractivity contribution in [3.05, 3.63) is 23.3 Å². The molecule has 152 valence electrons. The summed E-state index contributed by atoms with van der Waals surface area (Å²) in [4.78, 5) is 0. The van der Waals surface area contributed by atoms with Crippen LogP contribution in [0.3, 0.4) is 0 Å². The van der Waals surface area contributed by atoms with Crippen LogP contribution in [-0.4, -0.2) is 32.9 Å². The fourth-order valence-electron chi connectivity index (χ4n) is 4.16. The summed E-state index contributed by atoms with van der Waals surface area (Å²) in [5.41, 5.74) is 6.84. The third-order valence-electron chi connectivity index (χ3n) is 5.42. The molecule has 0 saturated carbocycles. The van der Waals surface area contributed by atoms with Crippen LogP contribution in [0.15, 0.2) is 12.1 Å². The zero-order valence-corrected chi connectivity index (χ0v) is 19.1. The van der Waals surface area contributed by atoms with Gasteiger partial charge in [0, 0.05) is 0 Å². The lowest BCUT2D eigenvalue weighted by atomic mass is 10.1. The molecule has 2 rings (SSSR count). The fourth-order valence-corrected chi connectivity index (χ4v) is 9.37. The van der Waals surface area contributed by atoms with Crippen LogP contribution in [0.5, 0.6) is 11.5 Å². The molecule has 0 amide bonds. The number of rotatable bonds is 5. The van der Waals surface area contributed by atoms with Crippen molar-refractivity contribution in [3.63, 3.8) is 0 Å². The first kappa shape index (κ1) is 22.4. The van der Waals surface area contributed by atoms with Crippen molar-refractivity contribution in [1.29, 1.82) is 0 Å². The van der Waals surface area contributed by atoms with Gasteiger partial charge in [0.05, 0.1) is 17.7 Å². The Bertz CT molecular complexity index is 784. The lowest BCUT2D eigenvalue weighted by Crippen LogP contribution is -2.43. The van der Waals surface area contributed by atoms with Crippen molar-refractivity contribution >= 4 is 8.07 Å². The number of aliphatic hydroxyl groups excluding tert-OH is 1. The molecule has 1 unspecified atom stereocenters. The molecular formula is C23H32O4Si. The lowest BCUT2D eigenvalue weighted by molar-refractivity contribution is -0.173. The Labute approximate surface area is 170 Å². The van der Waals surface area contributed by atoms with Crippen LogP contribution in [0.25, 0.3) is 0 Å². The summed E-state index contributed by atoms with van der Waals surface area (Å²) >= 11 is 0. The molecule has 1 heterocycles. The van der Waals surface area contributed by atoms with Gasteiger partial charge in [0.2, 0.25) is 0 Å². The molecule has 1 N–H and O–H groups in total. The topological polar surface area (TPSA) is 47.9 Å². The number of aliphatic hydroxyl groups is 1. The van der Waals surface area contributed by atoms with Crippen molar-refractivity contribution in [2.24, 2.45) is 0 Å². The van der Waals surface area contributed by atoms with E-state index in [0.717, 1.165) is 5.56 Å². The van der Waals surface area contributed by atoms with Gasteiger partial charge in [-0.25, -0.2) is 0 Å². The molecule has 0 saturated heterocycles. The summed E-state index contributed by atoms with van der Waals surface area (Å²) < 4.78 is 17.2. The summed E-state index contributed by atoms with van der Waals surface area (Å²) in [5.74, 6) is 10.1. The molecule has 1 aliphatic heterocycles. The Kier molecular flexibility index (Phi) is 7.60. The zero-order valence-electron chi connectivity index (χ0n) is 18.1. The van der Waals surface area contributed by atoms with Crippen molar-refractivity contribution in [2.75, 3.05) is 13.2 Å². The van der Waals surface area contributed by atoms with E-state index >= 15 is 0 Å². The van der Waals surface area contributed by atoms with E-state index in [1.54, 1.807) is 0 Å². The lowest BCUT2D eigenvalue weighted by Gasteiger charge is -2.38. The van der Waals surface area contributed by atoms with E-state index in [1.165, 1.54) is 0 Å². The van der Waals surface area contributed by atoms with Crippen LogP contribution >= 0.6 is 0 Å². The van der Waals surface area contributed by atoms with Gasteiger partial charge in [-0.15, -0.1) is 5.54 Å². The van der Waals surface area contributed by atoms with E-state index in [9.17, 15) is 0 Å². The molecule has 1 atom stereocenters. The highest BCUT2D eigenvalue weighted by molar-refractivity contribution is 6.90. The van der Waals surface area contributed by atoms with Crippen molar-refractivity contribution in [3.8, 4) is 34.8 Å². The predicted molar refractivity (Wildman–Crippen MR) is 115 cm³/mol. The largest absolute Gasteiger partial charge is 0.427 e. The predicted octanol–water partition coefficient (Wildman–Crippen LogP) is 4.69. The maximum atomic E-state index is 9.01. The van der Waals surface area contributed by atoms with E-state index in [1.807, 2.05) is 19.1 Å². The molecule has 0 spiro atoms. The van der Waals surface area contributed by atoms with Gasteiger partial charge in [-0.05, 0) is 35.7 Å². The Morgan fingerprint density at radius 2 is 1.46 bits per heavy atom. The smallest absolute Gasteiger partial charge is 0.361 e. The molecular weight excluding hydrogens is 368 g/mol. The second-order valence-electron chi connectivity index (χ2n) is 7.91. The molecule has 5 heteroatoms. The van der Waals surface area contributed by atoms with Crippen molar-refractivity contribution in [2.45, 2.75) is 71.6 Å². The summed E-state index contributed by atoms with van der Waals surface area (Å²) in [6.07, 6.45) is 0. The third kappa shape index (κ3) is 4.38. The van der Waals surface area contributed by atoms with Gasteiger partial charge in [-0.1, -0.05) is 59.3 Å². The van der Waals surface area contributed by atoms with Crippen molar-refractivity contribution in [1.82, 2.24) is 0 Å². The summed E-state index contributed by atoms with van der Waals surface area (Å²) in [6.45, 7) is 15.1. The molecule has 1 aromatic carbocycles. The number of benzene rings is 1. The minimum Gasteiger partial charge on any atom is -0.427 e. The highest BCUT2D eigenvalue weighted by Crippen LogP contribution is 2.43. The van der Waals surface area contributed by atoms with Crippen LogP contribution in [0.4, 0.5) is 0 Å². The first-order chi connectivity index (χ1) is 13.3. The number of hydrogen-bond donors (Lipinski definition) is 1. The fraction of sp³-hybridized carbons (Fsp3) is 0.565. The maximum Gasteiger partial charge on any atom is 0.361 e. The molecule has 0 radical (unpaired) electrons. The van der Waals surface area contributed by atoms with E-state index in [0.29, 0.717) is 40.3 Å².